The molecule has 25 heavy (non-hydrogen) atoms. The molecule has 2 atom stereocenters. The highest BCUT2D eigenvalue weighted by molar-refractivity contribution is 5.74. The molecule has 5 nitrogen and oxygen atoms in total. The van der Waals surface area contributed by atoms with Gasteiger partial charge in [-0.05, 0) is 56.7 Å². The molecule has 0 unspecified atom stereocenters. The summed E-state index contributed by atoms with van der Waals surface area (Å²) in [5, 5.41) is 15.5. The monoisotopic (exact) mass is 346 g/mol. The lowest BCUT2D eigenvalue weighted by Gasteiger charge is -2.43. The molecule has 0 radical (unpaired) electrons. The van der Waals surface area contributed by atoms with E-state index in [-0.39, 0.29) is 29.5 Å². The Balaban J connectivity index is 1.45. The molecule has 1 saturated heterocycles. The molecule has 1 aromatic carbocycles. The third-order valence-electron chi connectivity index (χ3n) is 5.45. The van der Waals surface area contributed by atoms with E-state index in [2.05, 4.69) is 10.6 Å². The molecule has 2 amide bonds. The molecule has 5 heteroatoms. The molecule has 2 aliphatic rings. The number of hydrogen-bond acceptors (Lipinski definition) is 3. The van der Waals surface area contributed by atoms with Crippen LogP contribution in [0, 0.1) is 0 Å². The van der Waals surface area contributed by atoms with Crippen molar-refractivity contribution in [2.45, 2.75) is 76.0 Å². The Morgan fingerprint density at radius 3 is 2.72 bits per heavy atom. The van der Waals surface area contributed by atoms with E-state index in [0.717, 1.165) is 44.3 Å². The second-order valence-corrected chi connectivity index (χ2v) is 7.67. The van der Waals surface area contributed by atoms with Crippen LogP contribution in [0.3, 0.4) is 0 Å². The molecule has 1 spiro atoms. The number of urea groups is 1. The van der Waals surface area contributed by atoms with Crippen LogP contribution < -0.4 is 10.6 Å². The molecule has 0 aromatic heterocycles. The quantitative estimate of drug-likeness (QED) is 0.781. The predicted octanol–water partition coefficient (Wildman–Crippen LogP) is 3.50. The summed E-state index contributed by atoms with van der Waals surface area (Å²) in [4.78, 5) is 12.3. The van der Waals surface area contributed by atoms with E-state index in [0.29, 0.717) is 0 Å². The zero-order chi connectivity index (χ0) is 17.7. The second kappa shape index (κ2) is 8.09. The van der Waals surface area contributed by atoms with Gasteiger partial charge in [-0.25, -0.2) is 4.79 Å². The number of phenols is 1. The van der Waals surface area contributed by atoms with E-state index >= 15 is 0 Å². The smallest absolute Gasteiger partial charge is 0.315 e. The molecule has 3 N–H and O–H groups in total. The summed E-state index contributed by atoms with van der Waals surface area (Å²) in [6.45, 7) is 2.74. The highest BCUT2D eigenvalue weighted by Crippen LogP contribution is 2.38. The molecule has 1 aliphatic carbocycles. The average molecular weight is 346 g/mol. The topological polar surface area (TPSA) is 70.6 Å². The maximum atomic E-state index is 12.3. The first kappa shape index (κ1) is 18.1. The highest BCUT2D eigenvalue weighted by atomic mass is 16.5. The van der Waals surface area contributed by atoms with Crippen LogP contribution in [0.5, 0.6) is 5.75 Å². The molecule has 1 saturated carbocycles. The summed E-state index contributed by atoms with van der Waals surface area (Å²) in [6.07, 6.45) is 8.61. The number of nitrogens with one attached hydrogen (secondary N) is 2. The van der Waals surface area contributed by atoms with Crippen LogP contribution in [-0.2, 0) is 11.2 Å². The minimum absolute atomic E-state index is 0.00605. The fourth-order valence-electron chi connectivity index (χ4n) is 4.18. The van der Waals surface area contributed by atoms with E-state index in [4.69, 9.17) is 4.74 Å². The van der Waals surface area contributed by atoms with Gasteiger partial charge in [-0.3, -0.25) is 0 Å². The summed E-state index contributed by atoms with van der Waals surface area (Å²) < 4.78 is 6.10. The van der Waals surface area contributed by atoms with Crippen molar-refractivity contribution in [3.63, 3.8) is 0 Å². The molecule has 2 fully saturated rings. The van der Waals surface area contributed by atoms with Gasteiger partial charge in [0.15, 0.2) is 0 Å². The maximum Gasteiger partial charge on any atom is 0.315 e. The summed E-state index contributed by atoms with van der Waals surface area (Å²) >= 11 is 0. The first-order valence-electron chi connectivity index (χ1n) is 9.54. The Kier molecular flexibility index (Phi) is 5.84. The van der Waals surface area contributed by atoms with Gasteiger partial charge in [0.05, 0.1) is 5.60 Å². The molecular weight excluding hydrogens is 316 g/mol. The van der Waals surface area contributed by atoms with E-state index < -0.39 is 0 Å². The van der Waals surface area contributed by atoms with Crippen LogP contribution in [-0.4, -0.2) is 35.4 Å². The van der Waals surface area contributed by atoms with Crippen molar-refractivity contribution in [2.75, 3.05) is 6.61 Å². The summed E-state index contributed by atoms with van der Waals surface area (Å²) in [5.74, 6) is 0.262. The molecule has 1 heterocycles. The number of amides is 2. The number of ether oxygens (including phenoxy) is 1. The van der Waals surface area contributed by atoms with Gasteiger partial charge in [-0.15, -0.1) is 0 Å². The highest BCUT2D eigenvalue weighted by Gasteiger charge is 2.38. The molecule has 0 bridgehead atoms. The standard InChI is InChI=1S/C20H30N2O3/c1-15(13-16-5-7-18(23)8-6-16)21-19(24)22-17-9-12-25-20(14-17)10-3-2-4-11-20/h5-8,15,17,23H,2-4,9-14H2,1H3,(H2,21,22,24)/t15-,17+/m1/s1. The lowest BCUT2D eigenvalue weighted by Crippen LogP contribution is -2.52. The fourth-order valence-corrected chi connectivity index (χ4v) is 4.18. The maximum absolute atomic E-state index is 12.3. The third kappa shape index (κ3) is 5.11. The number of carbonyl (C=O) groups excluding carboxylic acids is 1. The van der Waals surface area contributed by atoms with E-state index in [1.54, 1.807) is 12.1 Å². The number of phenolic OH excluding ortho intramolecular Hbond substituents is 1. The van der Waals surface area contributed by atoms with Crippen LogP contribution in [0.1, 0.15) is 57.4 Å². The largest absolute Gasteiger partial charge is 0.508 e. The Labute approximate surface area is 150 Å². The lowest BCUT2D eigenvalue weighted by atomic mass is 9.78. The minimum Gasteiger partial charge on any atom is -0.508 e. The normalized spacial score (nSPS) is 23.8. The van der Waals surface area contributed by atoms with Crippen LogP contribution in [0.2, 0.25) is 0 Å². The molecule has 3 rings (SSSR count). The number of rotatable bonds is 4. The van der Waals surface area contributed by atoms with Gasteiger partial charge in [0.1, 0.15) is 5.75 Å². The Morgan fingerprint density at radius 2 is 2.00 bits per heavy atom. The minimum atomic E-state index is -0.0934. The molecule has 1 aliphatic heterocycles. The van der Waals surface area contributed by atoms with E-state index in [1.807, 2.05) is 19.1 Å². The number of carbonyl (C=O) groups is 1. The van der Waals surface area contributed by atoms with Crippen molar-refractivity contribution in [2.24, 2.45) is 0 Å². The van der Waals surface area contributed by atoms with Gasteiger partial charge in [0, 0.05) is 18.7 Å². The predicted molar refractivity (Wildman–Crippen MR) is 97.7 cm³/mol. The fraction of sp³-hybridized carbons (Fsp3) is 0.650. The van der Waals surface area contributed by atoms with Gasteiger partial charge in [-0.1, -0.05) is 31.4 Å². The van der Waals surface area contributed by atoms with Gasteiger partial charge in [0.25, 0.3) is 0 Å². The van der Waals surface area contributed by atoms with E-state index in [1.165, 1.54) is 19.3 Å². The van der Waals surface area contributed by atoms with Crippen molar-refractivity contribution >= 4 is 6.03 Å². The van der Waals surface area contributed by atoms with Crippen molar-refractivity contribution in [3.05, 3.63) is 29.8 Å². The van der Waals surface area contributed by atoms with Crippen molar-refractivity contribution < 1.29 is 14.6 Å². The SMILES string of the molecule is C[C@H](Cc1ccc(O)cc1)NC(=O)N[C@H]1CCOC2(CCCCC2)C1. The van der Waals surface area contributed by atoms with Gasteiger partial charge in [-0.2, -0.15) is 0 Å². The molecular formula is C20H30N2O3. The van der Waals surface area contributed by atoms with E-state index in [9.17, 15) is 9.90 Å². The number of hydrogen-bond donors (Lipinski definition) is 3. The summed E-state index contributed by atoms with van der Waals surface area (Å²) in [6, 6.07) is 7.26. The first-order valence-corrected chi connectivity index (χ1v) is 9.54. The van der Waals surface area contributed by atoms with Crippen molar-refractivity contribution in [1.29, 1.82) is 0 Å². The van der Waals surface area contributed by atoms with Gasteiger partial charge >= 0.3 is 6.03 Å². The Hall–Kier alpha value is -1.75. The Morgan fingerprint density at radius 1 is 1.28 bits per heavy atom. The Bertz CT molecular complexity index is 561. The van der Waals surface area contributed by atoms with Crippen LogP contribution in [0.4, 0.5) is 4.79 Å². The van der Waals surface area contributed by atoms with Crippen LogP contribution in [0.25, 0.3) is 0 Å². The van der Waals surface area contributed by atoms with Gasteiger partial charge in [0.2, 0.25) is 0 Å². The van der Waals surface area contributed by atoms with Crippen molar-refractivity contribution in [1.82, 2.24) is 10.6 Å². The molecule has 138 valence electrons. The first-order chi connectivity index (χ1) is 12.0. The van der Waals surface area contributed by atoms with Gasteiger partial charge < -0.3 is 20.5 Å². The van der Waals surface area contributed by atoms with Crippen molar-refractivity contribution in [3.8, 4) is 5.75 Å². The van der Waals surface area contributed by atoms with Crippen LogP contribution in [0.15, 0.2) is 24.3 Å². The number of benzene rings is 1. The zero-order valence-corrected chi connectivity index (χ0v) is 15.1. The third-order valence-corrected chi connectivity index (χ3v) is 5.45. The average Bonchev–Trinajstić information content (AvgIpc) is 2.57. The summed E-state index contributed by atoms with van der Waals surface area (Å²) in [7, 11) is 0. The number of aromatic hydroxyl groups is 1. The second-order valence-electron chi connectivity index (χ2n) is 7.67. The zero-order valence-electron chi connectivity index (χ0n) is 15.1. The van der Waals surface area contributed by atoms with Crippen LogP contribution >= 0.6 is 0 Å². The molecule has 1 aromatic rings. The summed E-state index contributed by atoms with van der Waals surface area (Å²) in [5.41, 5.74) is 1.10. The lowest BCUT2D eigenvalue weighted by molar-refractivity contribution is -0.107.